The van der Waals surface area contributed by atoms with Crippen molar-refractivity contribution in [1.82, 2.24) is 0 Å². The molecular formula is C20H32O9S2. The molecule has 1 saturated heterocycles. The van der Waals surface area contributed by atoms with Gasteiger partial charge in [0.1, 0.15) is 0 Å². The van der Waals surface area contributed by atoms with Crippen molar-refractivity contribution in [3.8, 4) is 0 Å². The van der Waals surface area contributed by atoms with Crippen LogP contribution in [-0.4, -0.2) is 39.6 Å². The van der Waals surface area contributed by atoms with Gasteiger partial charge in [0.25, 0.3) is 0 Å². The Labute approximate surface area is 185 Å². The molecule has 1 fully saturated rings. The van der Waals surface area contributed by atoms with Crippen LogP contribution in [0.5, 0.6) is 0 Å². The van der Waals surface area contributed by atoms with Gasteiger partial charge >= 0.3 is 26.8 Å². The highest BCUT2D eigenvalue weighted by atomic mass is 32.3. The largest absolute Gasteiger partial charge is 0.421 e. The number of hydrogen-bond acceptors (Lipinski definition) is 9. The molecule has 0 spiro atoms. The minimum Gasteiger partial charge on any atom is -0.392 e. The van der Waals surface area contributed by atoms with Crippen molar-refractivity contribution >= 4 is 20.8 Å². The average Bonchev–Trinajstić information content (AvgIpc) is 2.56. The van der Waals surface area contributed by atoms with Crippen molar-refractivity contribution in [2.45, 2.75) is 72.2 Å². The van der Waals surface area contributed by atoms with Gasteiger partial charge in [-0.25, -0.2) is 0 Å². The van der Waals surface area contributed by atoms with Crippen molar-refractivity contribution in [1.29, 1.82) is 0 Å². The molecule has 0 amide bonds. The molecule has 0 atom stereocenters. The smallest absolute Gasteiger partial charge is 0.392 e. The fourth-order valence-corrected chi connectivity index (χ4v) is 4.64. The summed E-state index contributed by atoms with van der Waals surface area (Å²) in [5.41, 5.74) is 3.86. The van der Waals surface area contributed by atoms with Crippen LogP contribution in [0.2, 0.25) is 0 Å². The van der Waals surface area contributed by atoms with Crippen molar-refractivity contribution in [3.05, 3.63) is 46.6 Å². The highest BCUT2D eigenvalue weighted by molar-refractivity contribution is 7.95. The lowest BCUT2D eigenvalue weighted by atomic mass is 10.0. The summed E-state index contributed by atoms with van der Waals surface area (Å²) >= 11 is 0. The molecule has 0 aromatic carbocycles. The summed E-state index contributed by atoms with van der Waals surface area (Å²) in [5, 5.41) is 19.5. The quantitative estimate of drug-likeness (QED) is 0.427. The normalized spacial score (nSPS) is 21.0. The SMILES string of the molecule is CC(C)=CCC/C(C)=C/CC/C(=C/CC/C(C)=C/C1(O)OS(=O)(=O)OS(=O)(=O)O1)CO. The van der Waals surface area contributed by atoms with Crippen LogP contribution >= 0.6 is 0 Å². The maximum Gasteiger partial charge on any atom is 0.421 e. The maximum atomic E-state index is 11.3. The first-order valence-electron chi connectivity index (χ1n) is 9.86. The molecule has 0 bridgehead atoms. The van der Waals surface area contributed by atoms with E-state index in [4.69, 9.17) is 0 Å². The lowest BCUT2D eigenvalue weighted by molar-refractivity contribution is -0.243. The van der Waals surface area contributed by atoms with Crippen molar-refractivity contribution in [2.75, 3.05) is 6.61 Å². The molecule has 0 aromatic rings. The Morgan fingerprint density at radius 3 is 1.87 bits per heavy atom. The minimum atomic E-state index is -4.97. The predicted octanol–water partition coefficient (Wildman–Crippen LogP) is 3.30. The zero-order chi connectivity index (χ0) is 23.7. The standard InChI is InChI=1S/C20H32O9S2/c1-16(2)8-5-9-17(3)10-6-12-19(15-21)13-7-11-18(4)14-20(22)27-30(23,24)29-31(25,26)28-20/h8,10,13-14,21-22H,5-7,9,11-12,15H2,1-4H3/b17-10+,18-14+,19-13-. The van der Waals surface area contributed by atoms with E-state index in [1.54, 1.807) is 6.92 Å². The van der Waals surface area contributed by atoms with E-state index in [0.29, 0.717) is 24.8 Å². The third-order valence-corrected chi connectivity index (χ3v) is 6.48. The molecule has 1 aliphatic heterocycles. The van der Waals surface area contributed by atoms with Crippen LogP contribution in [0.15, 0.2) is 46.6 Å². The summed E-state index contributed by atoms with van der Waals surface area (Å²) < 4.78 is 57.2. The predicted molar refractivity (Wildman–Crippen MR) is 116 cm³/mol. The van der Waals surface area contributed by atoms with E-state index >= 15 is 0 Å². The Morgan fingerprint density at radius 1 is 0.806 bits per heavy atom. The number of rotatable bonds is 11. The van der Waals surface area contributed by atoms with Crippen LogP contribution in [0.3, 0.4) is 0 Å². The molecule has 2 N–H and O–H groups in total. The van der Waals surface area contributed by atoms with Gasteiger partial charge in [0, 0.05) is 6.08 Å². The number of hydrogen-bond donors (Lipinski definition) is 2. The molecular weight excluding hydrogens is 448 g/mol. The third kappa shape index (κ3) is 11.7. The molecule has 31 heavy (non-hydrogen) atoms. The molecule has 0 aliphatic carbocycles. The summed E-state index contributed by atoms with van der Waals surface area (Å²) in [7, 11) is -9.94. The van der Waals surface area contributed by atoms with Gasteiger partial charge in [0.15, 0.2) is 0 Å². The Kier molecular flexibility index (Phi) is 10.8. The van der Waals surface area contributed by atoms with Crippen molar-refractivity contribution in [3.63, 3.8) is 0 Å². The van der Waals surface area contributed by atoms with Gasteiger partial charge in [0.05, 0.1) is 6.61 Å². The Hall–Kier alpha value is -1.34. The van der Waals surface area contributed by atoms with E-state index in [9.17, 15) is 27.0 Å². The number of aliphatic hydroxyl groups excluding tert-OH is 1. The van der Waals surface area contributed by atoms with Crippen LogP contribution in [0, 0.1) is 0 Å². The number of allylic oxidation sites excluding steroid dienone is 6. The number of aliphatic hydroxyl groups is 2. The monoisotopic (exact) mass is 480 g/mol. The fraction of sp³-hybridized carbons (Fsp3) is 0.600. The van der Waals surface area contributed by atoms with Gasteiger partial charge in [-0.1, -0.05) is 34.9 Å². The van der Waals surface area contributed by atoms with Crippen LogP contribution in [0.1, 0.15) is 66.2 Å². The zero-order valence-electron chi connectivity index (χ0n) is 18.3. The highest BCUT2D eigenvalue weighted by Gasteiger charge is 2.48. The van der Waals surface area contributed by atoms with E-state index in [2.05, 4.69) is 44.9 Å². The summed E-state index contributed by atoms with van der Waals surface area (Å²) in [5.74, 6) is -3.00. The van der Waals surface area contributed by atoms with E-state index in [0.717, 1.165) is 30.9 Å². The third-order valence-electron chi connectivity index (χ3n) is 4.26. The molecule has 11 heteroatoms. The molecule has 0 radical (unpaired) electrons. The molecule has 0 saturated carbocycles. The Balaban J connectivity index is 2.61. The van der Waals surface area contributed by atoms with E-state index in [1.807, 2.05) is 6.08 Å². The van der Waals surface area contributed by atoms with Gasteiger partial charge in [-0.3, -0.25) is 0 Å². The fourth-order valence-electron chi connectivity index (χ4n) is 2.81. The van der Waals surface area contributed by atoms with E-state index in [-0.39, 0.29) is 6.61 Å². The maximum absolute atomic E-state index is 11.3. The van der Waals surface area contributed by atoms with Crippen molar-refractivity contribution in [2.24, 2.45) is 0 Å². The Bertz CT molecular complexity index is 901. The second-order valence-corrected chi connectivity index (χ2v) is 10.2. The molecule has 1 heterocycles. The van der Waals surface area contributed by atoms with Crippen LogP contribution in [0.25, 0.3) is 0 Å². The molecule has 1 rings (SSSR count). The van der Waals surface area contributed by atoms with Gasteiger partial charge in [-0.05, 0) is 71.8 Å². The zero-order valence-corrected chi connectivity index (χ0v) is 20.0. The first-order chi connectivity index (χ1) is 14.3. The molecule has 178 valence electrons. The second kappa shape index (κ2) is 12.0. The van der Waals surface area contributed by atoms with Crippen LogP contribution in [0.4, 0.5) is 0 Å². The summed E-state index contributed by atoms with van der Waals surface area (Å²) in [4.78, 5) is 0. The lowest BCUT2D eigenvalue weighted by Crippen LogP contribution is -2.44. The summed E-state index contributed by atoms with van der Waals surface area (Å²) in [6.07, 6.45) is 11.4. The molecule has 1 aliphatic rings. The van der Waals surface area contributed by atoms with Crippen LogP contribution < -0.4 is 0 Å². The van der Waals surface area contributed by atoms with Gasteiger partial charge < -0.3 is 10.2 Å². The van der Waals surface area contributed by atoms with Crippen LogP contribution in [-0.2, 0) is 32.8 Å². The Morgan fingerprint density at radius 2 is 1.32 bits per heavy atom. The van der Waals surface area contributed by atoms with Gasteiger partial charge in [-0.2, -0.15) is 25.2 Å². The minimum absolute atomic E-state index is 0.0859. The van der Waals surface area contributed by atoms with E-state index < -0.39 is 26.8 Å². The van der Waals surface area contributed by atoms with E-state index in [1.165, 1.54) is 11.1 Å². The van der Waals surface area contributed by atoms with Crippen molar-refractivity contribution < 1.29 is 39.0 Å². The molecule has 0 unspecified atom stereocenters. The van der Waals surface area contributed by atoms with Gasteiger partial charge in [-0.15, -0.1) is 3.63 Å². The summed E-state index contributed by atoms with van der Waals surface area (Å²) in [6, 6.07) is 0. The second-order valence-electron chi connectivity index (χ2n) is 7.64. The molecule has 0 aromatic heterocycles. The molecule has 9 nitrogen and oxygen atoms in total. The topological polar surface area (TPSA) is 136 Å². The average molecular weight is 481 g/mol. The summed E-state index contributed by atoms with van der Waals surface area (Å²) in [6.45, 7) is 7.69. The highest BCUT2D eigenvalue weighted by Crippen LogP contribution is 2.28. The lowest BCUT2D eigenvalue weighted by Gasteiger charge is -2.26. The first-order valence-corrected chi connectivity index (χ1v) is 12.5. The van der Waals surface area contributed by atoms with Gasteiger partial charge in [0.2, 0.25) is 0 Å². The first kappa shape index (κ1) is 27.7.